The van der Waals surface area contributed by atoms with Crippen LogP contribution < -0.4 is 5.32 Å². The fraction of sp³-hybridized carbons (Fsp3) is 0.929. The molecule has 1 saturated heterocycles. The normalized spacial score (nSPS) is 18.7. The van der Waals surface area contributed by atoms with E-state index in [2.05, 4.69) is 19.2 Å². The highest BCUT2D eigenvalue weighted by molar-refractivity contribution is 5.74. The van der Waals surface area contributed by atoms with Gasteiger partial charge in [-0.15, -0.1) is 0 Å². The summed E-state index contributed by atoms with van der Waals surface area (Å²) in [4.78, 5) is 13.9. The quantitative estimate of drug-likeness (QED) is 0.717. The maximum absolute atomic E-state index is 12.0. The molecule has 0 aliphatic carbocycles. The van der Waals surface area contributed by atoms with Gasteiger partial charge in [0, 0.05) is 25.7 Å². The predicted octanol–water partition coefficient (Wildman–Crippen LogP) is 2.37. The van der Waals surface area contributed by atoms with Crippen LogP contribution in [0, 0.1) is 5.92 Å². The zero-order valence-corrected chi connectivity index (χ0v) is 11.8. The second-order valence-corrected chi connectivity index (χ2v) is 5.46. The fourth-order valence-corrected chi connectivity index (χ4v) is 2.39. The summed E-state index contributed by atoms with van der Waals surface area (Å²) in [7, 11) is 0. The van der Waals surface area contributed by atoms with E-state index in [-0.39, 0.29) is 18.7 Å². The number of aliphatic hydroxyl groups is 1. The topological polar surface area (TPSA) is 52.6 Å². The molecule has 0 radical (unpaired) electrons. The van der Waals surface area contributed by atoms with Gasteiger partial charge in [0.2, 0.25) is 0 Å². The number of unbranched alkanes of at least 4 members (excludes halogenated alkanes) is 2. The SMILES string of the molecule is CCCCCC(C)NC(=O)N1CCC(CO)CC1. The third-order valence-electron chi connectivity index (χ3n) is 3.77. The summed E-state index contributed by atoms with van der Waals surface area (Å²) < 4.78 is 0. The minimum Gasteiger partial charge on any atom is -0.396 e. The largest absolute Gasteiger partial charge is 0.396 e. The Balaban J connectivity index is 2.20. The van der Waals surface area contributed by atoms with E-state index >= 15 is 0 Å². The van der Waals surface area contributed by atoms with Crippen molar-refractivity contribution in [3.8, 4) is 0 Å². The molecule has 0 aromatic carbocycles. The van der Waals surface area contributed by atoms with Gasteiger partial charge in [-0.25, -0.2) is 4.79 Å². The van der Waals surface area contributed by atoms with Crippen molar-refractivity contribution in [3.05, 3.63) is 0 Å². The molecule has 18 heavy (non-hydrogen) atoms. The molecule has 1 aliphatic rings. The second-order valence-electron chi connectivity index (χ2n) is 5.46. The number of carbonyl (C=O) groups excluding carboxylic acids is 1. The Morgan fingerprint density at radius 2 is 2.06 bits per heavy atom. The molecule has 1 heterocycles. The fourth-order valence-electron chi connectivity index (χ4n) is 2.39. The van der Waals surface area contributed by atoms with E-state index in [1.54, 1.807) is 0 Å². The lowest BCUT2D eigenvalue weighted by Crippen LogP contribution is -2.47. The van der Waals surface area contributed by atoms with E-state index < -0.39 is 0 Å². The number of piperidine rings is 1. The molecule has 106 valence electrons. The van der Waals surface area contributed by atoms with E-state index in [1.807, 2.05) is 4.90 Å². The molecular formula is C14H28N2O2. The molecule has 2 N–H and O–H groups in total. The average molecular weight is 256 g/mol. The first-order valence-corrected chi connectivity index (χ1v) is 7.33. The molecule has 0 aromatic heterocycles. The number of carbonyl (C=O) groups is 1. The molecule has 1 aliphatic heterocycles. The third kappa shape index (κ3) is 5.25. The van der Waals surface area contributed by atoms with Gasteiger partial charge < -0.3 is 15.3 Å². The summed E-state index contributed by atoms with van der Waals surface area (Å²) in [5, 5.41) is 12.1. The first-order valence-electron chi connectivity index (χ1n) is 7.33. The molecular weight excluding hydrogens is 228 g/mol. The van der Waals surface area contributed by atoms with E-state index in [1.165, 1.54) is 19.3 Å². The van der Waals surface area contributed by atoms with Gasteiger partial charge in [-0.1, -0.05) is 26.2 Å². The van der Waals surface area contributed by atoms with Gasteiger partial charge in [0.15, 0.2) is 0 Å². The maximum atomic E-state index is 12.0. The van der Waals surface area contributed by atoms with Gasteiger partial charge in [-0.2, -0.15) is 0 Å². The number of urea groups is 1. The molecule has 0 spiro atoms. The van der Waals surface area contributed by atoms with Gasteiger partial charge in [0.05, 0.1) is 0 Å². The Hall–Kier alpha value is -0.770. The van der Waals surface area contributed by atoms with Crippen molar-refractivity contribution >= 4 is 6.03 Å². The first kappa shape index (κ1) is 15.3. The Morgan fingerprint density at radius 1 is 1.39 bits per heavy atom. The third-order valence-corrected chi connectivity index (χ3v) is 3.77. The van der Waals surface area contributed by atoms with Crippen molar-refractivity contribution in [2.24, 2.45) is 5.92 Å². The Kier molecular flexibility index (Phi) is 7.09. The number of hydrogen-bond donors (Lipinski definition) is 2. The van der Waals surface area contributed by atoms with Crippen LogP contribution in [-0.4, -0.2) is 41.8 Å². The van der Waals surface area contributed by atoms with E-state index in [0.29, 0.717) is 5.92 Å². The van der Waals surface area contributed by atoms with Gasteiger partial charge in [-0.05, 0) is 32.1 Å². The standard InChI is InChI=1S/C14H28N2O2/c1-3-4-5-6-12(2)15-14(18)16-9-7-13(11-17)8-10-16/h12-13,17H,3-11H2,1-2H3,(H,15,18). The van der Waals surface area contributed by atoms with Gasteiger partial charge in [-0.3, -0.25) is 0 Å². The van der Waals surface area contributed by atoms with Crippen molar-refractivity contribution in [1.29, 1.82) is 0 Å². The zero-order valence-electron chi connectivity index (χ0n) is 11.8. The molecule has 0 bridgehead atoms. The summed E-state index contributed by atoms with van der Waals surface area (Å²) in [6.45, 7) is 6.07. The molecule has 1 rings (SSSR count). The highest BCUT2D eigenvalue weighted by Gasteiger charge is 2.22. The summed E-state index contributed by atoms with van der Waals surface area (Å²) in [6.07, 6.45) is 6.55. The maximum Gasteiger partial charge on any atom is 0.317 e. The van der Waals surface area contributed by atoms with Gasteiger partial charge >= 0.3 is 6.03 Å². The molecule has 4 nitrogen and oxygen atoms in total. The van der Waals surface area contributed by atoms with Crippen LogP contribution >= 0.6 is 0 Å². The molecule has 1 unspecified atom stereocenters. The lowest BCUT2D eigenvalue weighted by Gasteiger charge is -2.32. The van der Waals surface area contributed by atoms with Crippen LogP contribution in [0.15, 0.2) is 0 Å². The predicted molar refractivity (Wildman–Crippen MR) is 73.5 cm³/mol. The monoisotopic (exact) mass is 256 g/mol. The van der Waals surface area contributed by atoms with Gasteiger partial charge in [0.25, 0.3) is 0 Å². The number of nitrogens with zero attached hydrogens (tertiary/aromatic N) is 1. The van der Waals surface area contributed by atoms with Crippen LogP contribution in [-0.2, 0) is 0 Å². The van der Waals surface area contributed by atoms with Crippen LogP contribution in [0.5, 0.6) is 0 Å². The average Bonchev–Trinajstić information content (AvgIpc) is 2.39. The smallest absolute Gasteiger partial charge is 0.317 e. The second kappa shape index (κ2) is 8.35. The van der Waals surface area contributed by atoms with Crippen LogP contribution in [0.2, 0.25) is 0 Å². The van der Waals surface area contributed by atoms with E-state index in [9.17, 15) is 4.79 Å². The number of rotatable bonds is 6. The van der Waals surface area contributed by atoms with Crippen LogP contribution in [0.3, 0.4) is 0 Å². The van der Waals surface area contributed by atoms with E-state index in [4.69, 9.17) is 5.11 Å². The molecule has 1 atom stereocenters. The van der Waals surface area contributed by atoms with Crippen LogP contribution in [0.4, 0.5) is 4.79 Å². The zero-order chi connectivity index (χ0) is 13.4. The van der Waals surface area contributed by atoms with Crippen LogP contribution in [0.25, 0.3) is 0 Å². The molecule has 0 aromatic rings. The van der Waals surface area contributed by atoms with E-state index in [0.717, 1.165) is 32.4 Å². The van der Waals surface area contributed by atoms with Crippen molar-refractivity contribution in [2.45, 2.75) is 58.4 Å². The number of nitrogens with one attached hydrogen (secondary N) is 1. The molecule has 1 fully saturated rings. The Morgan fingerprint density at radius 3 is 2.61 bits per heavy atom. The first-order chi connectivity index (χ1) is 8.67. The number of hydrogen-bond acceptors (Lipinski definition) is 2. The minimum absolute atomic E-state index is 0.0652. The number of amides is 2. The number of likely N-dealkylation sites (tertiary alicyclic amines) is 1. The Bertz CT molecular complexity index is 238. The molecule has 0 saturated carbocycles. The van der Waals surface area contributed by atoms with Gasteiger partial charge in [0.1, 0.15) is 0 Å². The number of aliphatic hydroxyl groups excluding tert-OH is 1. The van der Waals surface area contributed by atoms with Crippen molar-refractivity contribution < 1.29 is 9.90 Å². The highest BCUT2D eigenvalue weighted by Crippen LogP contribution is 2.16. The lowest BCUT2D eigenvalue weighted by molar-refractivity contribution is 0.135. The summed E-state index contributed by atoms with van der Waals surface area (Å²) in [5.74, 6) is 0.385. The van der Waals surface area contributed by atoms with Crippen molar-refractivity contribution in [1.82, 2.24) is 10.2 Å². The lowest BCUT2D eigenvalue weighted by atomic mass is 9.98. The summed E-state index contributed by atoms with van der Waals surface area (Å²) in [6, 6.07) is 0.329. The molecule has 4 heteroatoms. The van der Waals surface area contributed by atoms with Crippen LogP contribution in [0.1, 0.15) is 52.4 Å². The Labute approximate surface area is 111 Å². The highest BCUT2D eigenvalue weighted by atomic mass is 16.3. The summed E-state index contributed by atoms with van der Waals surface area (Å²) in [5.41, 5.74) is 0. The molecule has 2 amide bonds. The van der Waals surface area contributed by atoms with Crippen molar-refractivity contribution in [2.75, 3.05) is 19.7 Å². The minimum atomic E-state index is 0.0652. The summed E-state index contributed by atoms with van der Waals surface area (Å²) >= 11 is 0. The van der Waals surface area contributed by atoms with Crippen molar-refractivity contribution in [3.63, 3.8) is 0 Å².